The Hall–Kier alpha value is -0.570. The van der Waals surface area contributed by atoms with E-state index in [1.807, 2.05) is 0 Å². The molecule has 2 aliphatic carbocycles. The third-order valence-electron chi connectivity index (χ3n) is 4.30. The van der Waals surface area contributed by atoms with Crippen LogP contribution >= 0.6 is 0 Å². The number of nitrogens with two attached hydrogens (primary N) is 1. The molecular weight excluding hydrogens is 212 g/mol. The SMILES string of the molecule is CC(C)CC(=O)NC1C2CCCC1CC(N)C2. The van der Waals surface area contributed by atoms with E-state index < -0.39 is 0 Å². The van der Waals surface area contributed by atoms with Crippen LogP contribution < -0.4 is 11.1 Å². The van der Waals surface area contributed by atoms with Gasteiger partial charge in [0.2, 0.25) is 5.91 Å². The molecule has 3 N–H and O–H groups in total. The number of amides is 1. The molecule has 0 aromatic carbocycles. The predicted molar refractivity (Wildman–Crippen MR) is 69.4 cm³/mol. The first-order valence-corrected chi connectivity index (χ1v) is 7.11. The van der Waals surface area contributed by atoms with Crippen LogP contribution in [0.15, 0.2) is 0 Å². The monoisotopic (exact) mass is 238 g/mol. The maximum absolute atomic E-state index is 11.9. The van der Waals surface area contributed by atoms with Gasteiger partial charge in [0.25, 0.3) is 0 Å². The minimum absolute atomic E-state index is 0.234. The van der Waals surface area contributed by atoms with E-state index in [1.54, 1.807) is 0 Å². The van der Waals surface area contributed by atoms with Gasteiger partial charge in [0.05, 0.1) is 0 Å². The Kier molecular flexibility index (Phi) is 4.08. The van der Waals surface area contributed by atoms with Crippen LogP contribution in [0, 0.1) is 17.8 Å². The molecule has 17 heavy (non-hydrogen) atoms. The Morgan fingerprint density at radius 3 is 2.41 bits per heavy atom. The molecule has 2 fully saturated rings. The summed E-state index contributed by atoms with van der Waals surface area (Å²) in [5.41, 5.74) is 6.09. The Bertz CT molecular complexity index is 263. The highest BCUT2D eigenvalue weighted by Crippen LogP contribution is 2.39. The number of hydrogen-bond donors (Lipinski definition) is 2. The van der Waals surface area contributed by atoms with Gasteiger partial charge < -0.3 is 11.1 Å². The molecule has 1 amide bonds. The van der Waals surface area contributed by atoms with Crippen LogP contribution in [0.5, 0.6) is 0 Å². The van der Waals surface area contributed by atoms with E-state index in [1.165, 1.54) is 19.3 Å². The summed E-state index contributed by atoms with van der Waals surface area (Å²) in [4.78, 5) is 11.9. The van der Waals surface area contributed by atoms with Crippen molar-refractivity contribution in [3.63, 3.8) is 0 Å². The Morgan fingerprint density at radius 1 is 1.29 bits per heavy atom. The fourth-order valence-corrected chi connectivity index (χ4v) is 3.64. The summed E-state index contributed by atoms with van der Waals surface area (Å²) >= 11 is 0. The molecule has 2 rings (SSSR count). The molecule has 3 nitrogen and oxygen atoms in total. The van der Waals surface area contributed by atoms with Crippen LogP contribution in [0.4, 0.5) is 0 Å². The fourth-order valence-electron chi connectivity index (χ4n) is 3.64. The molecule has 2 saturated carbocycles. The quantitative estimate of drug-likeness (QED) is 0.790. The standard InChI is InChI=1S/C14H26N2O/c1-9(2)6-13(17)16-14-10-4-3-5-11(14)8-12(15)7-10/h9-12,14H,3-8,15H2,1-2H3,(H,16,17). The molecule has 0 aliphatic heterocycles. The van der Waals surface area contributed by atoms with Gasteiger partial charge in [-0.05, 0) is 43.4 Å². The minimum Gasteiger partial charge on any atom is -0.353 e. The van der Waals surface area contributed by atoms with Crippen LogP contribution in [0.25, 0.3) is 0 Å². The van der Waals surface area contributed by atoms with Gasteiger partial charge in [-0.3, -0.25) is 4.79 Å². The van der Waals surface area contributed by atoms with Gasteiger partial charge in [-0.25, -0.2) is 0 Å². The molecule has 0 heterocycles. The van der Waals surface area contributed by atoms with Gasteiger partial charge in [-0.2, -0.15) is 0 Å². The van der Waals surface area contributed by atoms with Crippen molar-refractivity contribution in [2.75, 3.05) is 0 Å². The second kappa shape index (κ2) is 5.38. The molecule has 2 aliphatic rings. The van der Waals surface area contributed by atoms with Gasteiger partial charge in [-0.15, -0.1) is 0 Å². The number of fused-ring (bicyclic) bond motifs is 2. The summed E-state index contributed by atoms with van der Waals surface area (Å²) in [5, 5.41) is 3.28. The van der Waals surface area contributed by atoms with Crippen molar-refractivity contribution in [3.05, 3.63) is 0 Å². The van der Waals surface area contributed by atoms with E-state index in [9.17, 15) is 4.79 Å². The number of rotatable bonds is 3. The number of carbonyl (C=O) groups is 1. The van der Waals surface area contributed by atoms with Gasteiger partial charge in [-0.1, -0.05) is 20.3 Å². The van der Waals surface area contributed by atoms with Gasteiger partial charge in [0, 0.05) is 18.5 Å². The smallest absolute Gasteiger partial charge is 0.220 e. The summed E-state index contributed by atoms with van der Waals surface area (Å²) in [7, 11) is 0. The van der Waals surface area contributed by atoms with Crippen LogP contribution in [-0.2, 0) is 4.79 Å². The van der Waals surface area contributed by atoms with Crippen LogP contribution in [0.3, 0.4) is 0 Å². The summed E-state index contributed by atoms with van der Waals surface area (Å²) in [6.07, 6.45) is 6.67. The third-order valence-corrected chi connectivity index (χ3v) is 4.30. The van der Waals surface area contributed by atoms with Crippen molar-refractivity contribution in [2.45, 2.75) is 64.5 Å². The average Bonchev–Trinajstić information content (AvgIpc) is 2.18. The maximum Gasteiger partial charge on any atom is 0.220 e. The Balaban J connectivity index is 1.93. The zero-order valence-corrected chi connectivity index (χ0v) is 11.1. The van der Waals surface area contributed by atoms with E-state index in [-0.39, 0.29) is 5.91 Å². The van der Waals surface area contributed by atoms with E-state index in [2.05, 4.69) is 19.2 Å². The first-order chi connectivity index (χ1) is 8.06. The zero-order valence-electron chi connectivity index (χ0n) is 11.1. The van der Waals surface area contributed by atoms with Crippen molar-refractivity contribution >= 4 is 5.91 Å². The van der Waals surface area contributed by atoms with Crippen LogP contribution in [-0.4, -0.2) is 18.0 Å². The van der Waals surface area contributed by atoms with E-state index >= 15 is 0 Å². The highest BCUT2D eigenvalue weighted by Gasteiger charge is 2.39. The largest absolute Gasteiger partial charge is 0.353 e. The molecule has 2 atom stereocenters. The Morgan fingerprint density at radius 2 is 1.88 bits per heavy atom. The molecule has 0 radical (unpaired) electrons. The van der Waals surface area contributed by atoms with Crippen molar-refractivity contribution in [1.29, 1.82) is 0 Å². The first kappa shape index (κ1) is 12.9. The molecule has 0 aromatic rings. The summed E-state index contributed by atoms with van der Waals surface area (Å²) < 4.78 is 0. The lowest BCUT2D eigenvalue weighted by Crippen LogP contribution is -2.53. The topological polar surface area (TPSA) is 55.1 Å². The normalized spacial score (nSPS) is 36.9. The number of hydrogen-bond acceptors (Lipinski definition) is 2. The van der Waals surface area contributed by atoms with Crippen molar-refractivity contribution in [3.8, 4) is 0 Å². The molecule has 98 valence electrons. The average molecular weight is 238 g/mol. The van der Waals surface area contributed by atoms with Crippen molar-refractivity contribution in [2.24, 2.45) is 23.5 Å². The van der Waals surface area contributed by atoms with Crippen LogP contribution in [0.1, 0.15) is 52.4 Å². The summed E-state index contributed by atoms with van der Waals surface area (Å²) in [6, 6.07) is 0.776. The Labute approximate surface area is 105 Å². The third kappa shape index (κ3) is 3.21. The lowest BCUT2D eigenvalue weighted by atomic mass is 9.67. The molecule has 3 heteroatoms. The van der Waals surface area contributed by atoms with E-state index in [0.29, 0.717) is 36.3 Å². The lowest BCUT2D eigenvalue weighted by Gasteiger charge is -2.45. The molecule has 2 bridgehead atoms. The summed E-state index contributed by atoms with van der Waals surface area (Å²) in [6.45, 7) is 4.19. The molecule has 0 aromatic heterocycles. The molecule has 0 saturated heterocycles. The molecular formula is C14H26N2O. The summed E-state index contributed by atoms with van der Waals surface area (Å²) in [5.74, 6) is 1.94. The van der Waals surface area contributed by atoms with E-state index in [4.69, 9.17) is 5.73 Å². The highest BCUT2D eigenvalue weighted by molar-refractivity contribution is 5.76. The first-order valence-electron chi connectivity index (χ1n) is 7.11. The minimum atomic E-state index is 0.234. The van der Waals surface area contributed by atoms with Gasteiger partial charge in [0.15, 0.2) is 0 Å². The maximum atomic E-state index is 11.9. The molecule has 0 spiro atoms. The lowest BCUT2D eigenvalue weighted by molar-refractivity contribution is -0.124. The van der Waals surface area contributed by atoms with Crippen molar-refractivity contribution in [1.82, 2.24) is 5.32 Å². The highest BCUT2D eigenvalue weighted by atomic mass is 16.1. The van der Waals surface area contributed by atoms with E-state index in [0.717, 1.165) is 12.8 Å². The predicted octanol–water partition coefficient (Wildman–Crippen LogP) is 2.05. The molecule has 2 unspecified atom stereocenters. The second-order valence-electron chi connectivity index (χ2n) is 6.37. The van der Waals surface area contributed by atoms with Gasteiger partial charge >= 0.3 is 0 Å². The van der Waals surface area contributed by atoms with Crippen molar-refractivity contribution < 1.29 is 4.79 Å². The fraction of sp³-hybridized carbons (Fsp3) is 0.929. The zero-order chi connectivity index (χ0) is 12.4. The second-order valence-corrected chi connectivity index (χ2v) is 6.37. The van der Waals surface area contributed by atoms with Gasteiger partial charge in [0.1, 0.15) is 0 Å². The number of carbonyl (C=O) groups excluding carboxylic acids is 1. The van der Waals surface area contributed by atoms with Crippen LogP contribution in [0.2, 0.25) is 0 Å². The number of nitrogens with one attached hydrogen (secondary N) is 1.